The maximum absolute atomic E-state index is 12.5. The molecule has 0 saturated heterocycles. The molecule has 0 N–H and O–H groups in total. The number of benzene rings is 1. The van der Waals surface area contributed by atoms with Crippen molar-refractivity contribution in [1.29, 1.82) is 0 Å². The summed E-state index contributed by atoms with van der Waals surface area (Å²) in [5, 5.41) is 8.52. The van der Waals surface area contributed by atoms with Crippen molar-refractivity contribution in [2.75, 3.05) is 12.9 Å². The molecule has 0 aliphatic carbocycles. The van der Waals surface area contributed by atoms with Crippen molar-refractivity contribution < 1.29 is 13.9 Å². The van der Waals surface area contributed by atoms with Crippen LogP contribution in [0.4, 0.5) is 0 Å². The lowest BCUT2D eigenvalue weighted by Gasteiger charge is -2.05. The van der Waals surface area contributed by atoms with Gasteiger partial charge in [0.25, 0.3) is 5.22 Å². The third-order valence-electron chi connectivity index (χ3n) is 4.48. The van der Waals surface area contributed by atoms with E-state index >= 15 is 0 Å². The highest BCUT2D eigenvalue weighted by atomic mass is 32.2. The molecule has 0 amide bonds. The summed E-state index contributed by atoms with van der Waals surface area (Å²) in [6.07, 6.45) is 0.545. The van der Waals surface area contributed by atoms with Crippen LogP contribution in [0.3, 0.4) is 0 Å². The minimum atomic E-state index is 0.0719. The molecule has 0 aliphatic rings. The predicted molar refractivity (Wildman–Crippen MR) is 105 cm³/mol. The summed E-state index contributed by atoms with van der Waals surface area (Å²) in [4.78, 5) is 12.5. The fourth-order valence-electron chi connectivity index (χ4n) is 3.06. The van der Waals surface area contributed by atoms with Crippen molar-refractivity contribution in [2.45, 2.75) is 39.0 Å². The van der Waals surface area contributed by atoms with Crippen LogP contribution in [0.25, 0.3) is 0 Å². The molecule has 0 spiro atoms. The minimum Gasteiger partial charge on any atom is -0.497 e. The van der Waals surface area contributed by atoms with Crippen LogP contribution in [0.15, 0.2) is 40.0 Å². The molecular formula is C20H23N3O3S. The molecule has 27 heavy (non-hydrogen) atoms. The first-order valence-electron chi connectivity index (χ1n) is 8.79. The average molecular weight is 385 g/mol. The maximum atomic E-state index is 12.5. The number of nitrogens with zero attached hydrogens (tertiary/aromatic N) is 3. The SMILES string of the molecule is CCn1c(C)cc(C(=O)CSc2nnc(Cc3ccc(OC)cc3)o2)c1C. The Hall–Kier alpha value is -2.54. The standard InChI is InChI=1S/C20H23N3O3S/c1-5-23-13(2)10-17(14(23)3)18(24)12-27-20-22-21-19(26-20)11-15-6-8-16(25-4)9-7-15/h6-10H,5,11-12H2,1-4H3. The number of hydrogen-bond acceptors (Lipinski definition) is 6. The molecule has 0 bridgehead atoms. The number of methoxy groups -OCH3 is 1. The Morgan fingerprint density at radius 1 is 1.22 bits per heavy atom. The first-order valence-corrected chi connectivity index (χ1v) is 9.78. The molecule has 2 heterocycles. The largest absolute Gasteiger partial charge is 0.497 e. The summed E-state index contributed by atoms with van der Waals surface area (Å²) in [5.41, 5.74) is 3.92. The molecule has 7 heteroatoms. The Balaban J connectivity index is 1.60. The van der Waals surface area contributed by atoms with E-state index in [0.717, 1.165) is 34.8 Å². The Morgan fingerprint density at radius 2 is 1.96 bits per heavy atom. The van der Waals surface area contributed by atoms with Crippen molar-refractivity contribution in [3.63, 3.8) is 0 Å². The normalized spacial score (nSPS) is 11.0. The summed E-state index contributed by atoms with van der Waals surface area (Å²) in [6, 6.07) is 9.66. The van der Waals surface area contributed by atoms with Crippen molar-refractivity contribution in [3.8, 4) is 5.75 Å². The van der Waals surface area contributed by atoms with Gasteiger partial charge in [0.15, 0.2) is 5.78 Å². The maximum Gasteiger partial charge on any atom is 0.277 e. The third kappa shape index (κ3) is 4.42. The van der Waals surface area contributed by atoms with Gasteiger partial charge < -0.3 is 13.7 Å². The van der Waals surface area contributed by atoms with Gasteiger partial charge in [-0.05, 0) is 44.5 Å². The van der Waals surface area contributed by atoms with E-state index in [1.807, 2.05) is 44.2 Å². The lowest BCUT2D eigenvalue weighted by atomic mass is 10.1. The van der Waals surface area contributed by atoms with Crippen LogP contribution in [-0.4, -0.2) is 33.4 Å². The molecule has 1 aromatic carbocycles. The number of Topliss-reactive ketones (excluding diaryl/α,β-unsaturated/α-hetero) is 1. The number of hydrogen-bond donors (Lipinski definition) is 0. The number of carbonyl (C=O) groups excluding carboxylic acids is 1. The van der Waals surface area contributed by atoms with Crippen LogP contribution in [-0.2, 0) is 13.0 Å². The van der Waals surface area contributed by atoms with E-state index in [-0.39, 0.29) is 11.5 Å². The number of aryl methyl sites for hydroxylation is 1. The zero-order chi connectivity index (χ0) is 19.4. The first-order chi connectivity index (χ1) is 13.0. The van der Waals surface area contributed by atoms with Gasteiger partial charge in [-0.15, -0.1) is 10.2 Å². The molecule has 3 rings (SSSR count). The van der Waals surface area contributed by atoms with Crippen molar-refractivity contribution in [3.05, 3.63) is 58.7 Å². The quantitative estimate of drug-likeness (QED) is 0.430. The Morgan fingerprint density at radius 3 is 2.59 bits per heavy atom. The van der Waals surface area contributed by atoms with Crippen molar-refractivity contribution in [2.24, 2.45) is 0 Å². The molecule has 0 atom stereocenters. The van der Waals surface area contributed by atoms with E-state index in [1.54, 1.807) is 7.11 Å². The topological polar surface area (TPSA) is 70.2 Å². The fraction of sp³-hybridized carbons (Fsp3) is 0.350. The molecule has 0 unspecified atom stereocenters. The van der Waals surface area contributed by atoms with E-state index in [0.29, 0.717) is 17.5 Å². The molecule has 2 aromatic heterocycles. The Kier molecular flexibility index (Phi) is 6.01. The van der Waals surface area contributed by atoms with Crippen LogP contribution in [0, 0.1) is 13.8 Å². The van der Waals surface area contributed by atoms with Gasteiger partial charge in [-0.3, -0.25) is 4.79 Å². The monoisotopic (exact) mass is 385 g/mol. The molecule has 0 radical (unpaired) electrons. The number of rotatable bonds is 8. The summed E-state index contributed by atoms with van der Waals surface area (Å²) in [5.74, 6) is 1.68. The Labute approximate surface area is 162 Å². The van der Waals surface area contributed by atoms with E-state index in [9.17, 15) is 4.79 Å². The molecule has 3 aromatic rings. The van der Waals surface area contributed by atoms with Gasteiger partial charge in [0, 0.05) is 23.5 Å². The second kappa shape index (κ2) is 8.43. The number of thioether (sulfide) groups is 1. The number of aromatic nitrogens is 3. The molecule has 6 nitrogen and oxygen atoms in total. The van der Waals surface area contributed by atoms with Crippen LogP contribution >= 0.6 is 11.8 Å². The molecule has 0 saturated carbocycles. The molecule has 0 aliphatic heterocycles. The summed E-state index contributed by atoms with van der Waals surface area (Å²) >= 11 is 1.27. The van der Waals surface area contributed by atoms with Crippen LogP contribution in [0.2, 0.25) is 0 Å². The predicted octanol–water partition coefficient (Wildman–Crippen LogP) is 4.08. The number of ketones is 1. The van der Waals surface area contributed by atoms with Crippen molar-refractivity contribution in [1.82, 2.24) is 14.8 Å². The van der Waals surface area contributed by atoms with Gasteiger partial charge in [0.1, 0.15) is 5.75 Å². The minimum absolute atomic E-state index is 0.0719. The van der Waals surface area contributed by atoms with Gasteiger partial charge >= 0.3 is 0 Å². The first kappa shape index (κ1) is 19.2. The number of carbonyl (C=O) groups is 1. The van der Waals surface area contributed by atoms with Crippen LogP contribution in [0.1, 0.15) is 40.1 Å². The third-order valence-corrected chi connectivity index (χ3v) is 5.30. The second-order valence-corrected chi connectivity index (χ2v) is 7.15. The average Bonchev–Trinajstić information content (AvgIpc) is 3.24. The van der Waals surface area contributed by atoms with Crippen LogP contribution in [0.5, 0.6) is 5.75 Å². The van der Waals surface area contributed by atoms with Gasteiger partial charge in [0.2, 0.25) is 5.89 Å². The van der Waals surface area contributed by atoms with Gasteiger partial charge in [0.05, 0.1) is 19.3 Å². The van der Waals surface area contributed by atoms with E-state index in [2.05, 4.69) is 21.7 Å². The zero-order valence-electron chi connectivity index (χ0n) is 16.0. The molecular weight excluding hydrogens is 362 g/mol. The summed E-state index contributed by atoms with van der Waals surface area (Å²) in [7, 11) is 1.64. The molecule has 0 fully saturated rings. The smallest absolute Gasteiger partial charge is 0.277 e. The van der Waals surface area contributed by atoms with E-state index in [1.165, 1.54) is 11.8 Å². The fourth-order valence-corrected chi connectivity index (χ4v) is 3.72. The highest BCUT2D eigenvalue weighted by molar-refractivity contribution is 7.99. The van der Waals surface area contributed by atoms with E-state index < -0.39 is 0 Å². The lowest BCUT2D eigenvalue weighted by molar-refractivity contribution is 0.102. The van der Waals surface area contributed by atoms with Crippen LogP contribution < -0.4 is 4.74 Å². The summed E-state index contributed by atoms with van der Waals surface area (Å²) in [6.45, 7) is 6.93. The van der Waals surface area contributed by atoms with E-state index in [4.69, 9.17) is 9.15 Å². The zero-order valence-corrected chi connectivity index (χ0v) is 16.8. The second-order valence-electron chi connectivity index (χ2n) is 6.23. The lowest BCUT2D eigenvalue weighted by Crippen LogP contribution is -2.05. The highest BCUT2D eigenvalue weighted by Crippen LogP contribution is 2.22. The van der Waals surface area contributed by atoms with Gasteiger partial charge in [-0.1, -0.05) is 23.9 Å². The Bertz CT molecular complexity index is 929. The van der Waals surface area contributed by atoms with Gasteiger partial charge in [-0.2, -0.15) is 0 Å². The summed E-state index contributed by atoms with van der Waals surface area (Å²) < 4.78 is 12.9. The van der Waals surface area contributed by atoms with Crippen molar-refractivity contribution >= 4 is 17.5 Å². The molecule has 142 valence electrons. The van der Waals surface area contributed by atoms with Gasteiger partial charge in [-0.25, -0.2) is 0 Å². The number of ether oxygens (including phenoxy) is 1. The highest BCUT2D eigenvalue weighted by Gasteiger charge is 2.17.